The quantitative estimate of drug-likeness (QED) is 0.441. The monoisotopic (exact) mass is 336 g/mol. The highest BCUT2D eigenvalue weighted by Gasteiger charge is 2.53. The first kappa shape index (κ1) is 18.2. The SMILES string of the molecule is C=Cc1ccc(C(=O)C[C@H]2C(=C)CC[C@H]3C(C)(C)CCC[C@]23C)cc1. The number of ketones is 1. The predicted molar refractivity (Wildman–Crippen MR) is 107 cm³/mol. The Hall–Kier alpha value is -1.63. The minimum absolute atomic E-state index is 0.216. The Kier molecular flexibility index (Phi) is 4.79. The Bertz CT molecular complexity index is 679. The van der Waals surface area contributed by atoms with Gasteiger partial charge in [0.15, 0.2) is 5.78 Å². The normalized spacial score (nSPS) is 31.2. The van der Waals surface area contributed by atoms with Gasteiger partial charge in [0.2, 0.25) is 0 Å². The van der Waals surface area contributed by atoms with E-state index in [4.69, 9.17) is 0 Å². The topological polar surface area (TPSA) is 17.1 Å². The van der Waals surface area contributed by atoms with Gasteiger partial charge >= 0.3 is 0 Å². The van der Waals surface area contributed by atoms with Crippen molar-refractivity contribution < 1.29 is 4.79 Å². The van der Waals surface area contributed by atoms with Gasteiger partial charge in [-0.25, -0.2) is 0 Å². The standard InChI is InChI=1S/C24H32O/c1-6-18-9-11-19(12-10-18)21(25)16-20-17(2)8-13-22-23(3,4)14-7-15-24(20,22)5/h6,9-12,20,22H,1-2,7-8,13-16H2,3-5H3/t20-,22-,24+/m0/s1. The second-order valence-corrected chi connectivity index (χ2v) is 9.10. The van der Waals surface area contributed by atoms with Crippen molar-refractivity contribution in [2.24, 2.45) is 22.7 Å². The number of Topliss-reactive ketones (excluding diaryl/α,β-unsaturated/α-hetero) is 1. The fourth-order valence-electron chi connectivity index (χ4n) is 5.76. The summed E-state index contributed by atoms with van der Waals surface area (Å²) in [5.41, 5.74) is 3.76. The third-order valence-electron chi connectivity index (χ3n) is 7.18. The zero-order valence-corrected chi connectivity index (χ0v) is 16.1. The molecule has 1 aromatic carbocycles. The van der Waals surface area contributed by atoms with Gasteiger partial charge in [-0.1, -0.05) is 76.3 Å². The molecular formula is C24H32O. The van der Waals surface area contributed by atoms with Crippen LogP contribution >= 0.6 is 0 Å². The van der Waals surface area contributed by atoms with Gasteiger partial charge in [0.25, 0.3) is 0 Å². The number of allylic oxidation sites excluding steroid dienone is 1. The second-order valence-electron chi connectivity index (χ2n) is 9.10. The average molecular weight is 337 g/mol. The molecule has 0 aromatic heterocycles. The van der Waals surface area contributed by atoms with E-state index in [-0.39, 0.29) is 11.2 Å². The summed E-state index contributed by atoms with van der Waals surface area (Å²) in [6.07, 6.45) is 8.54. The van der Waals surface area contributed by atoms with Crippen molar-refractivity contribution in [3.63, 3.8) is 0 Å². The highest BCUT2D eigenvalue weighted by atomic mass is 16.1. The largest absolute Gasteiger partial charge is 0.294 e. The van der Waals surface area contributed by atoms with Crippen LogP contribution < -0.4 is 0 Å². The van der Waals surface area contributed by atoms with Gasteiger partial charge in [0.1, 0.15) is 0 Å². The van der Waals surface area contributed by atoms with E-state index < -0.39 is 0 Å². The lowest BCUT2D eigenvalue weighted by Gasteiger charge is -2.58. The third-order valence-corrected chi connectivity index (χ3v) is 7.18. The fourth-order valence-corrected chi connectivity index (χ4v) is 5.76. The number of benzene rings is 1. The molecule has 2 aliphatic rings. The van der Waals surface area contributed by atoms with Crippen molar-refractivity contribution in [2.75, 3.05) is 0 Å². The minimum Gasteiger partial charge on any atom is -0.294 e. The van der Waals surface area contributed by atoms with Gasteiger partial charge in [-0.15, -0.1) is 0 Å². The van der Waals surface area contributed by atoms with E-state index in [0.29, 0.717) is 23.7 Å². The Morgan fingerprint density at radius 3 is 2.52 bits per heavy atom. The molecule has 0 N–H and O–H groups in total. The molecule has 0 heterocycles. The van der Waals surface area contributed by atoms with E-state index in [1.165, 1.54) is 31.3 Å². The maximum atomic E-state index is 13.0. The van der Waals surface area contributed by atoms with Crippen LogP contribution in [0.2, 0.25) is 0 Å². The van der Waals surface area contributed by atoms with Crippen molar-refractivity contribution in [3.05, 3.63) is 54.1 Å². The number of rotatable bonds is 4. The summed E-state index contributed by atoms with van der Waals surface area (Å²) in [6, 6.07) is 7.83. The van der Waals surface area contributed by atoms with Crippen LogP contribution in [-0.4, -0.2) is 5.78 Å². The lowest BCUT2D eigenvalue weighted by molar-refractivity contribution is -0.0519. The molecule has 134 valence electrons. The first-order valence-corrected chi connectivity index (χ1v) is 9.71. The van der Waals surface area contributed by atoms with Crippen molar-refractivity contribution in [1.82, 2.24) is 0 Å². The second kappa shape index (κ2) is 6.59. The third kappa shape index (κ3) is 3.26. The zero-order chi connectivity index (χ0) is 18.2. The lowest BCUT2D eigenvalue weighted by atomic mass is 9.47. The molecule has 0 radical (unpaired) electrons. The molecule has 1 nitrogen and oxygen atoms in total. The molecule has 3 atom stereocenters. The molecule has 3 rings (SSSR count). The molecule has 0 spiro atoms. The number of fused-ring (bicyclic) bond motifs is 1. The van der Waals surface area contributed by atoms with E-state index in [9.17, 15) is 4.79 Å². The smallest absolute Gasteiger partial charge is 0.163 e. The summed E-state index contributed by atoms with van der Waals surface area (Å²) < 4.78 is 0. The van der Waals surface area contributed by atoms with Crippen molar-refractivity contribution in [2.45, 2.75) is 59.3 Å². The van der Waals surface area contributed by atoms with Gasteiger partial charge in [-0.05, 0) is 53.9 Å². The molecule has 2 aliphatic carbocycles. The molecule has 1 aromatic rings. The molecule has 0 unspecified atom stereocenters. The average Bonchev–Trinajstić information content (AvgIpc) is 2.57. The Morgan fingerprint density at radius 2 is 1.88 bits per heavy atom. The zero-order valence-electron chi connectivity index (χ0n) is 16.1. The van der Waals surface area contributed by atoms with Crippen molar-refractivity contribution in [3.8, 4) is 0 Å². The highest BCUT2D eigenvalue weighted by Crippen LogP contribution is 2.61. The molecule has 0 amide bonds. The fraction of sp³-hybridized carbons (Fsp3) is 0.542. The predicted octanol–water partition coefficient (Wildman–Crippen LogP) is 6.70. The number of hydrogen-bond donors (Lipinski definition) is 0. The van der Waals surface area contributed by atoms with Gasteiger partial charge in [-0.3, -0.25) is 4.79 Å². The summed E-state index contributed by atoms with van der Waals surface area (Å²) in [4.78, 5) is 13.0. The van der Waals surface area contributed by atoms with Crippen LogP contribution in [0.3, 0.4) is 0 Å². The van der Waals surface area contributed by atoms with Crippen LogP contribution in [0.25, 0.3) is 6.08 Å². The summed E-state index contributed by atoms with van der Waals surface area (Å²) in [7, 11) is 0. The van der Waals surface area contributed by atoms with E-state index >= 15 is 0 Å². The van der Waals surface area contributed by atoms with E-state index in [1.807, 2.05) is 30.3 Å². The highest BCUT2D eigenvalue weighted by molar-refractivity contribution is 5.96. The molecule has 1 heteroatoms. The Labute approximate surface area is 153 Å². The van der Waals surface area contributed by atoms with E-state index in [0.717, 1.165) is 17.5 Å². The Balaban J connectivity index is 1.84. The van der Waals surface area contributed by atoms with Crippen LogP contribution in [0.1, 0.15) is 75.2 Å². The van der Waals surface area contributed by atoms with Crippen LogP contribution in [0.5, 0.6) is 0 Å². The molecular weight excluding hydrogens is 304 g/mol. The summed E-state index contributed by atoms with van der Waals surface area (Å²) in [6.45, 7) is 15.5. The number of hydrogen-bond acceptors (Lipinski definition) is 1. The van der Waals surface area contributed by atoms with Gasteiger partial charge < -0.3 is 0 Å². The van der Waals surface area contributed by atoms with Crippen molar-refractivity contribution >= 4 is 11.9 Å². The minimum atomic E-state index is 0.216. The van der Waals surface area contributed by atoms with Gasteiger partial charge in [0.05, 0.1) is 0 Å². The first-order valence-electron chi connectivity index (χ1n) is 9.71. The summed E-state index contributed by atoms with van der Waals surface area (Å²) in [5, 5.41) is 0. The first-order chi connectivity index (χ1) is 11.8. The summed E-state index contributed by atoms with van der Waals surface area (Å²) >= 11 is 0. The van der Waals surface area contributed by atoms with Gasteiger partial charge in [0, 0.05) is 12.0 Å². The maximum absolute atomic E-state index is 13.0. The molecule has 25 heavy (non-hydrogen) atoms. The van der Waals surface area contributed by atoms with Gasteiger partial charge in [-0.2, -0.15) is 0 Å². The van der Waals surface area contributed by atoms with Crippen LogP contribution in [-0.2, 0) is 0 Å². The van der Waals surface area contributed by atoms with Crippen molar-refractivity contribution in [1.29, 1.82) is 0 Å². The lowest BCUT2D eigenvalue weighted by Crippen LogP contribution is -2.49. The molecule has 2 saturated carbocycles. The van der Waals surface area contributed by atoms with E-state index in [1.54, 1.807) is 0 Å². The molecule has 0 saturated heterocycles. The van der Waals surface area contributed by atoms with Crippen LogP contribution in [0.4, 0.5) is 0 Å². The maximum Gasteiger partial charge on any atom is 0.163 e. The molecule has 2 fully saturated rings. The Morgan fingerprint density at radius 1 is 1.20 bits per heavy atom. The molecule has 0 bridgehead atoms. The van der Waals surface area contributed by atoms with E-state index in [2.05, 4.69) is 33.9 Å². The van der Waals surface area contributed by atoms with Crippen LogP contribution in [0, 0.1) is 22.7 Å². The molecule has 0 aliphatic heterocycles. The summed E-state index contributed by atoms with van der Waals surface area (Å²) in [5.74, 6) is 1.27. The van der Waals surface area contributed by atoms with Crippen LogP contribution in [0.15, 0.2) is 43.0 Å². The number of carbonyl (C=O) groups is 1. The number of carbonyl (C=O) groups excluding carboxylic acids is 1.